The maximum absolute atomic E-state index is 5.73. The zero-order valence-corrected chi connectivity index (χ0v) is 14.7. The van der Waals surface area contributed by atoms with E-state index in [1.165, 1.54) is 32.1 Å². The normalized spacial score (nSPS) is 14.9. The summed E-state index contributed by atoms with van der Waals surface area (Å²) in [5, 5.41) is 0. The Bertz CT molecular complexity index is 189. The molecule has 0 N–H and O–H groups in total. The average molecular weight is 365 g/mol. The first kappa shape index (κ1) is 17.6. The Kier molecular flexibility index (Phi) is 12.9. The molecule has 0 rings (SSSR count). The molecule has 0 saturated carbocycles. The van der Waals surface area contributed by atoms with Crippen molar-refractivity contribution in [3.8, 4) is 0 Å². The summed E-state index contributed by atoms with van der Waals surface area (Å²) in [5.41, 5.74) is -2.03. The molecule has 0 amide bonds. The van der Waals surface area contributed by atoms with Crippen LogP contribution in [0.2, 0.25) is 0 Å². The Morgan fingerprint density at radius 3 is 2.31 bits per heavy atom. The molecule has 2 nitrogen and oxygen atoms in total. The summed E-state index contributed by atoms with van der Waals surface area (Å²) < 4.78 is 11.1. The van der Waals surface area contributed by atoms with Crippen molar-refractivity contribution in [1.29, 1.82) is 0 Å². The van der Waals surface area contributed by atoms with E-state index >= 15 is 0 Å². The van der Waals surface area contributed by atoms with Crippen LogP contribution >= 0.6 is 17.1 Å². The summed E-state index contributed by atoms with van der Waals surface area (Å²) in [4.78, 5) is 0. The Balaban J connectivity index is 3.69. The predicted molar refractivity (Wildman–Crippen MR) is 72.8 cm³/mol. The number of rotatable bonds is 11. The third-order valence-electron chi connectivity index (χ3n) is 2.09. The summed E-state index contributed by atoms with van der Waals surface area (Å²) in [7, 11) is 0. The van der Waals surface area contributed by atoms with Gasteiger partial charge in [-0.05, 0) is 0 Å². The maximum atomic E-state index is 5.73. The zero-order valence-electron chi connectivity index (χ0n) is 10.1. The summed E-state index contributed by atoms with van der Waals surface area (Å²) in [6.45, 7) is 5.15. The molecule has 0 aromatic rings. The molecule has 0 heterocycles. The van der Waals surface area contributed by atoms with E-state index in [0.717, 1.165) is 18.8 Å². The van der Waals surface area contributed by atoms with Gasteiger partial charge in [-0.25, -0.2) is 0 Å². The van der Waals surface area contributed by atoms with Crippen LogP contribution in [0.4, 0.5) is 0 Å². The van der Waals surface area contributed by atoms with Gasteiger partial charge >= 0.3 is 122 Å². The molecule has 0 aliphatic carbocycles. The molecule has 0 aliphatic heterocycles. The molecule has 97 valence electrons. The van der Waals surface area contributed by atoms with E-state index in [9.17, 15) is 0 Å². The van der Waals surface area contributed by atoms with Crippen molar-refractivity contribution in [2.75, 3.05) is 12.4 Å². The Hall–Kier alpha value is 1.61. The molecule has 0 aromatic carbocycles. The third-order valence-corrected chi connectivity index (χ3v) is 10.1. The van der Waals surface area contributed by atoms with Crippen LogP contribution in [0.1, 0.15) is 52.4 Å². The van der Waals surface area contributed by atoms with Crippen molar-refractivity contribution in [2.45, 2.75) is 52.4 Å². The minimum atomic E-state index is -2.03. The fraction of sp³-hybridized carbons (Fsp3) is 1.00. The summed E-state index contributed by atoms with van der Waals surface area (Å²) in [6, 6.07) is 0. The molecule has 0 spiro atoms. The number of hydrogen-bond donors (Lipinski definition) is 0. The van der Waals surface area contributed by atoms with Gasteiger partial charge in [0.25, 0.3) is 0 Å². The van der Waals surface area contributed by atoms with E-state index in [0.29, 0.717) is 0 Å². The van der Waals surface area contributed by atoms with Crippen molar-refractivity contribution < 1.29 is 27.9 Å². The van der Waals surface area contributed by atoms with Crippen LogP contribution in [0, 0.1) is 0 Å². The van der Waals surface area contributed by atoms with Gasteiger partial charge in [0.1, 0.15) is 0 Å². The summed E-state index contributed by atoms with van der Waals surface area (Å²) in [6.07, 6.45) is 7.23. The van der Waals surface area contributed by atoms with Crippen molar-refractivity contribution in [3.05, 3.63) is 0 Å². The van der Waals surface area contributed by atoms with Gasteiger partial charge in [0.15, 0.2) is 0 Å². The molecule has 0 saturated heterocycles. The van der Waals surface area contributed by atoms with E-state index in [-0.39, 0.29) is 0 Å². The number of unbranched alkanes of at least 4 members (excludes halogenated alkanes) is 4. The minimum absolute atomic E-state index is 0.751. The molecule has 1 atom stereocenters. The molecule has 0 fully saturated rings. The van der Waals surface area contributed by atoms with Gasteiger partial charge in [-0.2, -0.15) is 0 Å². The van der Waals surface area contributed by atoms with Gasteiger partial charge in [0.05, 0.1) is 0 Å². The second kappa shape index (κ2) is 11.7. The topological polar surface area (TPSA) is 18.5 Å². The fourth-order valence-electron chi connectivity index (χ4n) is 1.14. The van der Waals surface area contributed by atoms with E-state index in [4.69, 9.17) is 19.5 Å². The van der Waals surface area contributed by atoms with E-state index in [2.05, 4.69) is 13.8 Å². The molecule has 6 heteroatoms. The van der Waals surface area contributed by atoms with Gasteiger partial charge in [-0.3, -0.25) is 0 Å². The first-order chi connectivity index (χ1) is 7.68. The standard InChI is InChI=1S/C10H23O2PS2.Mo/c1-3-5-7-9-12-13(11,14)15-10-8-6-4-2;/h3-10H2,1-2H3,(H,11,14);/q;+1/p-1. The molecular formula is C10H22MoO2PS2. The van der Waals surface area contributed by atoms with Gasteiger partial charge < -0.3 is 0 Å². The molecule has 0 radical (unpaired) electrons. The van der Waals surface area contributed by atoms with E-state index < -0.39 is 5.69 Å². The van der Waals surface area contributed by atoms with Crippen LogP contribution in [0.15, 0.2) is 0 Å². The van der Waals surface area contributed by atoms with Crippen LogP contribution in [-0.2, 0) is 39.7 Å². The fourth-order valence-corrected chi connectivity index (χ4v) is 6.01. The van der Waals surface area contributed by atoms with E-state index in [1.807, 2.05) is 0 Å². The van der Waals surface area contributed by atoms with E-state index in [1.54, 1.807) is 31.6 Å². The van der Waals surface area contributed by atoms with Crippen molar-refractivity contribution in [3.63, 3.8) is 0 Å². The zero-order chi connectivity index (χ0) is 12.3. The summed E-state index contributed by atoms with van der Waals surface area (Å²) >= 11 is 8.74. The SMILES string of the molecule is CCCCCOP(=S)([O][Mo])SCCCCC. The van der Waals surface area contributed by atoms with Crippen LogP contribution in [0.25, 0.3) is 0 Å². The Morgan fingerprint density at radius 1 is 1.12 bits per heavy atom. The second-order valence-electron chi connectivity index (χ2n) is 3.60. The quantitative estimate of drug-likeness (QED) is 0.297. The van der Waals surface area contributed by atoms with Crippen LogP contribution in [-0.4, -0.2) is 12.4 Å². The van der Waals surface area contributed by atoms with Crippen LogP contribution < -0.4 is 0 Å². The Labute approximate surface area is 121 Å². The average Bonchev–Trinajstić information content (AvgIpc) is 2.31. The summed E-state index contributed by atoms with van der Waals surface area (Å²) in [5.74, 6) is 1.06. The molecular weight excluding hydrogens is 343 g/mol. The van der Waals surface area contributed by atoms with Crippen molar-refractivity contribution in [2.24, 2.45) is 0 Å². The molecule has 0 aliphatic rings. The van der Waals surface area contributed by atoms with Crippen LogP contribution in [0.5, 0.6) is 0 Å². The van der Waals surface area contributed by atoms with Crippen molar-refractivity contribution >= 4 is 28.9 Å². The van der Waals surface area contributed by atoms with Gasteiger partial charge in [-0.1, -0.05) is 0 Å². The molecule has 16 heavy (non-hydrogen) atoms. The van der Waals surface area contributed by atoms with Crippen molar-refractivity contribution in [1.82, 2.24) is 0 Å². The first-order valence-electron chi connectivity index (χ1n) is 5.89. The molecule has 0 bridgehead atoms. The third kappa shape index (κ3) is 9.62. The van der Waals surface area contributed by atoms with Gasteiger partial charge in [0, 0.05) is 0 Å². The molecule has 0 aromatic heterocycles. The number of hydrogen-bond acceptors (Lipinski definition) is 4. The Morgan fingerprint density at radius 2 is 1.75 bits per heavy atom. The monoisotopic (exact) mass is 367 g/mol. The van der Waals surface area contributed by atoms with Gasteiger partial charge in [0.2, 0.25) is 0 Å². The van der Waals surface area contributed by atoms with Crippen LogP contribution in [0.3, 0.4) is 0 Å². The first-order valence-corrected chi connectivity index (χ1v) is 10.9. The predicted octanol–water partition coefficient (Wildman–Crippen LogP) is 4.82. The van der Waals surface area contributed by atoms with Gasteiger partial charge in [-0.15, -0.1) is 0 Å². The second-order valence-corrected chi connectivity index (χ2v) is 11.0. The molecule has 1 unspecified atom stereocenters.